The van der Waals surface area contributed by atoms with E-state index in [2.05, 4.69) is 55.3 Å². The van der Waals surface area contributed by atoms with E-state index in [1.54, 1.807) is 0 Å². The monoisotopic (exact) mass is 291 g/mol. The molecule has 20 heavy (non-hydrogen) atoms. The molecule has 0 fully saturated rings. The molecular weight excluding hydrogens is 270 g/mol. The van der Waals surface area contributed by atoms with Gasteiger partial charge in [-0.2, -0.15) is 0 Å². The van der Waals surface area contributed by atoms with E-state index in [1.807, 2.05) is 13.1 Å². The quantitative estimate of drug-likeness (QED) is 0.934. The molecule has 0 spiro atoms. The van der Waals surface area contributed by atoms with E-state index in [1.165, 1.54) is 22.5 Å². The average molecular weight is 291 g/mol. The molecule has 0 aliphatic carbocycles. The summed E-state index contributed by atoms with van der Waals surface area (Å²) in [4.78, 5) is 0. The Morgan fingerprint density at radius 2 is 2.00 bits per heavy atom. The Morgan fingerprint density at radius 1 is 1.25 bits per heavy atom. The van der Waals surface area contributed by atoms with Crippen molar-refractivity contribution >= 4 is 11.3 Å². The minimum atomic E-state index is 0.0276. The van der Waals surface area contributed by atoms with Crippen molar-refractivity contribution in [3.8, 4) is 10.9 Å². The number of hydrogen-bond acceptors (Lipinski definition) is 5. The van der Waals surface area contributed by atoms with Gasteiger partial charge in [0.25, 0.3) is 5.19 Å². The SMILES string of the molecule is CNCc1nnc(Oc2ccc(C)cc2C(C)(C)C)s1. The lowest BCUT2D eigenvalue weighted by molar-refractivity contribution is 0.448. The standard InChI is InChI=1S/C15H21N3OS/c1-10-6-7-12(11(8-10)15(2,3)4)19-14-18-17-13(20-14)9-16-5/h6-8,16H,9H2,1-5H3. The molecule has 0 unspecified atom stereocenters. The van der Waals surface area contributed by atoms with Gasteiger partial charge in [0, 0.05) is 12.1 Å². The van der Waals surface area contributed by atoms with Crippen LogP contribution < -0.4 is 10.1 Å². The molecule has 0 atom stereocenters. The van der Waals surface area contributed by atoms with Gasteiger partial charge in [0.2, 0.25) is 0 Å². The number of nitrogens with one attached hydrogen (secondary N) is 1. The zero-order valence-electron chi connectivity index (χ0n) is 12.7. The molecule has 108 valence electrons. The maximum Gasteiger partial charge on any atom is 0.299 e. The van der Waals surface area contributed by atoms with Crippen LogP contribution in [0.15, 0.2) is 18.2 Å². The normalized spacial score (nSPS) is 11.7. The van der Waals surface area contributed by atoms with Crippen molar-refractivity contribution in [2.45, 2.75) is 39.7 Å². The summed E-state index contributed by atoms with van der Waals surface area (Å²) in [5.74, 6) is 0.857. The summed E-state index contributed by atoms with van der Waals surface area (Å²) in [5, 5.41) is 12.7. The van der Waals surface area contributed by atoms with Crippen LogP contribution in [0.3, 0.4) is 0 Å². The number of nitrogens with zero attached hydrogens (tertiary/aromatic N) is 2. The number of rotatable bonds is 4. The Balaban J connectivity index is 2.28. The zero-order chi connectivity index (χ0) is 14.8. The Hall–Kier alpha value is -1.46. The lowest BCUT2D eigenvalue weighted by Crippen LogP contribution is -2.12. The second kappa shape index (κ2) is 5.89. The Morgan fingerprint density at radius 3 is 2.65 bits per heavy atom. The van der Waals surface area contributed by atoms with Crippen LogP contribution in [0.5, 0.6) is 10.9 Å². The smallest absolute Gasteiger partial charge is 0.299 e. The fraction of sp³-hybridized carbons (Fsp3) is 0.467. The van der Waals surface area contributed by atoms with Crippen molar-refractivity contribution in [1.82, 2.24) is 15.5 Å². The number of hydrogen-bond donors (Lipinski definition) is 1. The van der Waals surface area contributed by atoms with Crippen molar-refractivity contribution < 1.29 is 4.74 Å². The van der Waals surface area contributed by atoms with Crippen LogP contribution in [0.1, 0.15) is 36.9 Å². The molecule has 0 aliphatic heterocycles. The molecule has 1 aromatic carbocycles. The van der Waals surface area contributed by atoms with Gasteiger partial charge in [-0.15, -0.1) is 5.10 Å². The van der Waals surface area contributed by atoms with Crippen molar-refractivity contribution in [3.63, 3.8) is 0 Å². The number of ether oxygens (including phenoxy) is 1. The van der Waals surface area contributed by atoms with Crippen LogP contribution in [0.25, 0.3) is 0 Å². The first-order valence-corrected chi connectivity index (χ1v) is 7.48. The highest BCUT2D eigenvalue weighted by Gasteiger charge is 2.20. The van der Waals surface area contributed by atoms with E-state index in [9.17, 15) is 0 Å². The van der Waals surface area contributed by atoms with Crippen LogP contribution in [0.4, 0.5) is 0 Å². The fourth-order valence-electron chi connectivity index (χ4n) is 1.92. The van der Waals surface area contributed by atoms with Crippen molar-refractivity contribution in [2.24, 2.45) is 0 Å². The lowest BCUT2D eigenvalue weighted by Gasteiger charge is -2.22. The summed E-state index contributed by atoms with van der Waals surface area (Å²) in [7, 11) is 1.89. The molecular formula is C15H21N3OS. The van der Waals surface area contributed by atoms with Crippen LogP contribution >= 0.6 is 11.3 Å². The third-order valence-corrected chi connectivity index (χ3v) is 3.72. The molecule has 2 aromatic rings. The van der Waals surface area contributed by atoms with E-state index >= 15 is 0 Å². The summed E-state index contributed by atoms with van der Waals surface area (Å²) in [6, 6.07) is 6.24. The van der Waals surface area contributed by atoms with Gasteiger partial charge in [0.15, 0.2) is 0 Å². The number of benzene rings is 1. The van der Waals surface area contributed by atoms with E-state index in [4.69, 9.17) is 4.74 Å². The zero-order valence-corrected chi connectivity index (χ0v) is 13.5. The predicted molar refractivity (Wildman–Crippen MR) is 82.6 cm³/mol. The second-order valence-electron chi connectivity index (χ2n) is 5.84. The first-order valence-electron chi connectivity index (χ1n) is 6.66. The number of aryl methyl sites for hydroxylation is 1. The van der Waals surface area contributed by atoms with Gasteiger partial charge in [0.1, 0.15) is 10.8 Å². The first-order chi connectivity index (χ1) is 9.40. The van der Waals surface area contributed by atoms with Gasteiger partial charge < -0.3 is 10.1 Å². The number of aromatic nitrogens is 2. The largest absolute Gasteiger partial charge is 0.429 e. The molecule has 4 nitrogen and oxygen atoms in total. The molecule has 1 aromatic heterocycles. The molecule has 0 saturated heterocycles. The van der Waals surface area contributed by atoms with Crippen LogP contribution in [-0.2, 0) is 12.0 Å². The Bertz CT molecular complexity index is 587. The molecule has 0 amide bonds. The maximum atomic E-state index is 5.94. The molecule has 0 aliphatic rings. The van der Waals surface area contributed by atoms with Crippen LogP contribution in [0.2, 0.25) is 0 Å². The molecule has 0 radical (unpaired) electrons. The minimum absolute atomic E-state index is 0.0276. The molecule has 5 heteroatoms. The van der Waals surface area contributed by atoms with Gasteiger partial charge in [-0.1, -0.05) is 54.9 Å². The van der Waals surface area contributed by atoms with Gasteiger partial charge >= 0.3 is 0 Å². The highest BCUT2D eigenvalue weighted by atomic mass is 32.1. The summed E-state index contributed by atoms with van der Waals surface area (Å²) in [6.07, 6.45) is 0. The molecule has 0 bridgehead atoms. The molecule has 2 rings (SSSR count). The Kier molecular flexibility index (Phi) is 4.40. The van der Waals surface area contributed by atoms with Crippen molar-refractivity contribution in [1.29, 1.82) is 0 Å². The van der Waals surface area contributed by atoms with E-state index < -0.39 is 0 Å². The van der Waals surface area contributed by atoms with Crippen LogP contribution in [0, 0.1) is 6.92 Å². The lowest BCUT2D eigenvalue weighted by atomic mass is 9.85. The topological polar surface area (TPSA) is 47.0 Å². The van der Waals surface area contributed by atoms with E-state index in [0.717, 1.165) is 10.8 Å². The van der Waals surface area contributed by atoms with Gasteiger partial charge in [-0.25, -0.2) is 0 Å². The van der Waals surface area contributed by atoms with Crippen molar-refractivity contribution in [3.05, 3.63) is 34.3 Å². The van der Waals surface area contributed by atoms with Crippen molar-refractivity contribution in [2.75, 3.05) is 7.05 Å². The summed E-state index contributed by atoms with van der Waals surface area (Å²) >= 11 is 1.47. The van der Waals surface area contributed by atoms with Crippen LogP contribution in [-0.4, -0.2) is 17.2 Å². The van der Waals surface area contributed by atoms with Gasteiger partial charge in [-0.05, 0) is 25.5 Å². The average Bonchev–Trinajstić information content (AvgIpc) is 2.78. The predicted octanol–water partition coefficient (Wildman–Crippen LogP) is 3.66. The summed E-state index contributed by atoms with van der Waals surface area (Å²) < 4.78 is 5.94. The third-order valence-electron chi connectivity index (χ3n) is 2.92. The molecule has 1 N–H and O–H groups in total. The minimum Gasteiger partial charge on any atom is -0.429 e. The second-order valence-corrected chi connectivity index (χ2v) is 6.87. The molecule has 1 heterocycles. The fourth-order valence-corrected chi connectivity index (χ4v) is 2.63. The molecule has 0 saturated carbocycles. The van der Waals surface area contributed by atoms with E-state index in [-0.39, 0.29) is 5.41 Å². The Labute approximate surface area is 124 Å². The maximum absolute atomic E-state index is 5.94. The van der Waals surface area contributed by atoms with Gasteiger partial charge in [0.05, 0.1) is 0 Å². The highest BCUT2D eigenvalue weighted by Crippen LogP contribution is 2.35. The summed E-state index contributed by atoms with van der Waals surface area (Å²) in [6.45, 7) is 9.35. The third kappa shape index (κ3) is 3.55. The van der Waals surface area contributed by atoms with E-state index in [0.29, 0.717) is 11.7 Å². The summed E-state index contributed by atoms with van der Waals surface area (Å²) in [5.41, 5.74) is 2.44. The first kappa shape index (κ1) is 14.9. The van der Waals surface area contributed by atoms with Gasteiger partial charge in [-0.3, -0.25) is 0 Å². The highest BCUT2D eigenvalue weighted by molar-refractivity contribution is 7.13.